The third-order valence-corrected chi connectivity index (χ3v) is 5.61. The highest BCUT2D eigenvalue weighted by Gasteiger charge is 2.36. The summed E-state index contributed by atoms with van der Waals surface area (Å²) in [7, 11) is 0. The summed E-state index contributed by atoms with van der Waals surface area (Å²) in [5.41, 5.74) is 0.350. The number of ketones is 1. The van der Waals surface area contributed by atoms with Gasteiger partial charge in [-0.15, -0.1) is 11.3 Å². The van der Waals surface area contributed by atoms with Crippen molar-refractivity contribution in [1.29, 1.82) is 10.5 Å². The predicted molar refractivity (Wildman–Crippen MR) is 92.2 cm³/mol. The molecule has 0 atom stereocenters. The molecule has 7 heteroatoms. The summed E-state index contributed by atoms with van der Waals surface area (Å²) in [4.78, 5) is 25.3. The monoisotopic (exact) mass is 353 g/mol. The minimum atomic E-state index is -0.546. The van der Waals surface area contributed by atoms with E-state index >= 15 is 0 Å². The number of rotatable bonds is 1. The van der Waals surface area contributed by atoms with E-state index in [0.29, 0.717) is 28.8 Å². The second-order valence-corrected chi connectivity index (χ2v) is 7.95. The Morgan fingerprint density at radius 1 is 1.20 bits per heavy atom. The fourth-order valence-corrected chi connectivity index (χ4v) is 4.44. The third kappa shape index (κ3) is 2.54. The number of Topliss-reactive ketones (excluding diaryl/α,β-unsaturated/α-hetero) is 1. The zero-order chi connectivity index (χ0) is 18.5. The van der Waals surface area contributed by atoms with Crippen LogP contribution in [0.25, 0.3) is 5.00 Å². The first-order valence-electron chi connectivity index (χ1n) is 7.65. The molecule has 0 unspecified atom stereocenters. The van der Waals surface area contributed by atoms with Crippen LogP contribution in [-0.4, -0.2) is 15.5 Å². The number of nitriles is 2. The van der Waals surface area contributed by atoms with Crippen molar-refractivity contribution in [3.8, 4) is 23.0 Å². The van der Waals surface area contributed by atoms with Crippen LogP contribution >= 0.6 is 11.3 Å². The quantitative estimate of drug-likeness (QED) is 0.848. The largest absolute Gasteiger partial charge is 0.493 e. The van der Waals surface area contributed by atoms with Gasteiger partial charge in [0.25, 0.3) is 5.56 Å². The van der Waals surface area contributed by atoms with Gasteiger partial charge in [-0.05, 0) is 29.9 Å². The lowest BCUT2D eigenvalue weighted by molar-refractivity contribution is 0.0917. The molecule has 0 spiro atoms. The van der Waals surface area contributed by atoms with Crippen molar-refractivity contribution < 1.29 is 9.90 Å². The fraction of sp³-hybridized carbons (Fsp3) is 0.333. The Morgan fingerprint density at radius 3 is 2.44 bits per heavy atom. The van der Waals surface area contributed by atoms with Crippen molar-refractivity contribution in [2.45, 2.75) is 33.6 Å². The lowest BCUT2D eigenvalue weighted by Gasteiger charge is -2.28. The zero-order valence-electron chi connectivity index (χ0n) is 14.0. The summed E-state index contributed by atoms with van der Waals surface area (Å²) in [6.45, 7) is 5.46. The molecule has 0 fully saturated rings. The van der Waals surface area contributed by atoms with E-state index in [4.69, 9.17) is 0 Å². The van der Waals surface area contributed by atoms with E-state index in [1.807, 2.05) is 19.9 Å². The second-order valence-electron chi connectivity index (χ2n) is 6.95. The molecule has 0 radical (unpaired) electrons. The van der Waals surface area contributed by atoms with Gasteiger partial charge >= 0.3 is 0 Å². The predicted octanol–water partition coefficient (Wildman–Crippen LogP) is 2.81. The van der Waals surface area contributed by atoms with Crippen molar-refractivity contribution in [3.63, 3.8) is 0 Å². The van der Waals surface area contributed by atoms with Crippen LogP contribution in [0.15, 0.2) is 10.9 Å². The molecule has 6 nitrogen and oxygen atoms in total. The van der Waals surface area contributed by atoms with Crippen LogP contribution in [0.4, 0.5) is 0 Å². The zero-order valence-corrected chi connectivity index (χ0v) is 14.8. The van der Waals surface area contributed by atoms with Crippen LogP contribution < -0.4 is 5.56 Å². The van der Waals surface area contributed by atoms with Gasteiger partial charge in [0.15, 0.2) is 5.78 Å². The van der Waals surface area contributed by atoms with Gasteiger partial charge in [-0.25, -0.2) is 4.57 Å². The Bertz CT molecular complexity index is 1060. The number of pyridine rings is 1. The van der Waals surface area contributed by atoms with Gasteiger partial charge in [0.05, 0.1) is 10.4 Å². The van der Waals surface area contributed by atoms with Gasteiger partial charge in [0.2, 0.25) is 5.88 Å². The first-order chi connectivity index (χ1) is 11.7. The van der Waals surface area contributed by atoms with Crippen molar-refractivity contribution >= 4 is 17.1 Å². The average Bonchev–Trinajstić information content (AvgIpc) is 2.84. The van der Waals surface area contributed by atoms with E-state index in [2.05, 4.69) is 6.07 Å². The average molecular weight is 353 g/mol. The number of nitrogens with zero attached hydrogens (tertiary/aromatic N) is 3. The second kappa shape index (κ2) is 5.58. The standard InChI is InChI=1S/C18H15N3O3S/c1-9-4-14(23)21(16(24)11(9)7-19)17-12(8-20)10-5-18(2,3)6-13(22)15(10)25-17/h4,24H,5-6H2,1-3H3. The molecule has 2 aromatic heterocycles. The van der Waals surface area contributed by atoms with E-state index in [-0.39, 0.29) is 27.3 Å². The maximum Gasteiger partial charge on any atom is 0.258 e. The van der Waals surface area contributed by atoms with Crippen LogP contribution in [0.3, 0.4) is 0 Å². The van der Waals surface area contributed by atoms with Crippen molar-refractivity contribution in [1.82, 2.24) is 4.57 Å². The number of fused-ring (bicyclic) bond motifs is 1. The number of hydrogen-bond donors (Lipinski definition) is 1. The summed E-state index contributed by atoms with van der Waals surface area (Å²) in [5, 5.41) is 29.4. The lowest BCUT2D eigenvalue weighted by atomic mass is 9.75. The highest BCUT2D eigenvalue weighted by Crippen LogP contribution is 2.43. The SMILES string of the molecule is Cc1cc(=O)n(-c2sc3c(c2C#N)CC(C)(C)CC3=O)c(O)c1C#N. The first-order valence-corrected chi connectivity index (χ1v) is 8.47. The fourth-order valence-electron chi connectivity index (χ4n) is 3.22. The molecule has 0 aliphatic heterocycles. The van der Waals surface area contributed by atoms with Gasteiger partial charge in [-0.3, -0.25) is 9.59 Å². The molecule has 2 heterocycles. The van der Waals surface area contributed by atoms with Gasteiger partial charge < -0.3 is 5.11 Å². The smallest absolute Gasteiger partial charge is 0.258 e. The summed E-state index contributed by atoms with van der Waals surface area (Å²) in [5.74, 6) is -0.575. The maximum atomic E-state index is 12.5. The van der Waals surface area contributed by atoms with Gasteiger partial charge in [-0.1, -0.05) is 13.8 Å². The first kappa shape index (κ1) is 16.9. The molecular formula is C18H15N3O3S. The number of carbonyl (C=O) groups excluding carboxylic acids is 1. The Balaban J connectivity index is 2.36. The lowest BCUT2D eigenvalue weighted by Crippen LogP contribution is -2.26. The minimum Gasteiger partial charge on any atom is -0.493 e. The Labute approximate surface area is 148 Å². The number of carbonyl (C=O) groups is 1. The Kier molecular flexibility index (Phi) is 3.78. The third-order valence-electron chi connectivity index (χ3n) is 4.35. The molecule has 0 bridgehead atoms. The molecule has 0 saturated heterocycles. The van der Waals surface area contributed by atoms with Gasteiger partial charge in [-0.2, -0.15) is 10.5 Å². The van der Waals surface area contributed by atoms with Crippen LogP contribution in [0.1, 0.15) is 52.2 Å². The number of aryl methyl sites for hydroxylation is 1. The van der Waals surface area contributed by atoms with Crippen LogP contribution in [0.2, 0.25) is 0 Å². The Hall–Kier alpha value is -2.90. The Morgan fingerprint density at radius 2 is 1.84 bits per heavy atom. The number of aromatic hydroxyl groups is 1. The topological polar surface area (TPSA) is 107 Å². The van der Waals surface area contributed by atoms with Crippen LogP contribution in [0.5, 0.6) is 5.88 Å². The number of aromatic nitrogens is 1. The van der Waals surface area contributed by atoms with Crippen LogP contribution in [0, 0.1) is 35.0 Å². The van der Waals surface area contributed by atoms with Crippen LogP contribution in [-0.2, 0) is 6.42 Å². The molecule has 25 heavy (non-hydrogen) atoms. The van der Waals surface area contributed by atoms with Gasteiger partial charge in [0, 0.05) is 12.5 Å². The van der Waals surface area contributed by atoms with Gasteiger partial charge in [0.1, 0.15) is 22.7 Å². The number of thiophene rings is 1. The van der Waals surface area contributed by atoms with E-state index in [1.54, 1.807) is 6.92 Å². The summed E-state index contributed by atoms with van der Waals surface area (Å²) < 4.78 is 0.952. The van der Waals surface area contributed by atoms with E-state index in [0.717, 1.165) is 15.9 Å². The summed E-state index contributed by atoms with van der Waals surface area (Å²) in [6, 6.07) is 5.18. The highest BCUT2D eigenvalue weighted by molar-refractivity contribution is 7.17. The molecule has 2 aromatic rings. The molecule has 126 valence electrons. The number of hydrogen-bond acceptors (Lipinski definition) is 6. The molecule has 3 rings (SSSR count). The minimum absolute atomic E-state index is 0.0264. The molecule has 0 saturated carbocycles. The molecule has 1 aliphatic carbocycles. The van der Waals surface area contributed by atoms with Crippen molar-refractivity contribution in [3.05, 3.63) is 43.6 Å². The molecule has 1 aliphatic rings. The van der Waals surface area contributed by atoms with Crippen molar-refractivity contribution in [2.75, 3.05) is 0 Å². The molecule has 1 N–H and O–H groups in total. The maximum absolute atomic E-state index is 12.5. The van der Waals surface area contributed by atoms with E-state index in [9.17, 15) is 25.2 Å². The molecule has 0 aromatic carbocycles. The normalized spacial score (nSPS) is 15.3. The van der Waals surface area contributed by atoms with E-state index < -0.39 is 11.4 Å². The molecular weight excluding hydrogens is 338 g/mol. The van der Waals surface area contributed by atoms with E-state index in [1.165, 1.54) is 6.07 Å². The highest BCUT2D eigenvalue weighted by atomic mass is 32.1. The molecule has 0 amide bonds. The summed E-state index contributed by atoms with van der Waals surface area (Å²) >= 11 is 1.02. The summed E-state index contributed by atoms with van der Waals surface area (Å²) in [6.07, 6.45) is 0.906. The van der Waals surface area contributed by atoms with Crippen molar-refractivity contribution in [2.24, 2.45) is 5.41 Å².